The lowest BCUT2D eigenvalue weighted by Gasteiger charge is -2.12. The molecule has 0 unspecified atom stereocenters. The van der Waals surface area contributed by atoms with Crippen LogP contribution in [-0.4, -0.2) is 22.6 Å². The van der Waals surface area contributed by atoms with Gasteiger partial charge in [-0.05, 0) is 25.5 Å². The average Bonchev–Trinajstić information content (AvgIpc) is 2.66. The second kappa shape index (κ2) is 6.45. The van der Waals surface area contributed by atoms with Gasteiger partial charge in [0.2, 0.25) is 0 Å². The van der Waals surface area contributed by atoms with E-state index in [-0.39, 0.29) is 0 Å². The first-order chi connectivity index (χ1) is 8.08. The van der Waals surface area contributed by atoms with Gasteiger partial charge in [0.05, 0.1) is 5.56 Å². The van der Waals surface area contributed by atoms with E-state index >= 15 is 0 Å². The molecule has 0 aliphatic carbocycles. The minimum Gasteiger partial charge on any atom is -0.478 e. The van der Waals surface area contributed by atoms with Gasteiger partial charge in [0.15, 0.2) is 0 Å². The molecule has 0 aromatic carbocycles. The van der Waals surface area contributed by atoms with Gasteiger partial charge >= 0.3 is 5.97 Å². The van der Waals surface area contributed by atoms with Crippen molar-refractivity contribution < 1.29 is 9.90 Å². The van der Waals surface area contributed by atoms with E-state index in [0.717, 1.165) is 17.9 Å². The van der Waals surface area contributed by atoms with Crippen LogP contribution in [0.15, 0.2) is 6.07 Å². The van der Waals surface area contributed by atoms with Crippen molar-refractivity contribution in [3.63, 3.8) is 0 Å². The lowest BCUT2D eigenvalue weighted by molar-refractivity contribution is 0.0696. The maximum absolute atomic E-state index is 10.9. The second-order valence-corrected chi connectivity index (χ2v) is 4.45. The molecule has 1 aromatic heterocycles. The molecule has 0 saturated heterocycles. The fourth-order valence-electron chi connectivity index (χ4n) is 1.93. The summed E-state index contributed by atoms with van der Waals surface area (Å²) in [5, 5.41) is 12.3. The third kappa shape index (κ3) is 3.89. The first kappa shape index (κ1) is 13.8. The standard InChI is InChI=1S/C13H22N2O2/c1-4-10(5-2)7-14-8-11-6-12(13(16)17)9(3)15-11/h6,10,14-15H,4-5,7-8H2,1-3H3,(H,16,17). The van der Waals surface area contributed by atoms with Gasteiger partial charge in [-0.1, -0.05) is 26.7 Å². The van der Waals surface area contributed by atoms with Crippen LogP contribution in [0.25, 0.3) is 0 Å². The number of rotatable bonds is 7. The molecule has 0 fully saturated rings. The van der Waals surface area contributed by atoms with Crippen LogP contribution >= 0.6 is 0 Å². The van der Waals surface area contributed by atoms with Gasteiger partial charge < -0.3 is 15.4 Å². The smallest absolute Gasteiger partial charge is 0.337 e. The molecule has 4 heteroatoms. The minimum atomic E-state index is -0.870. The highest BCUT2D eigenvalue weighted by molar-refractivity contribution is 5.89. The van der Waals surface area contributed by atoms with Gasteiger partial charge in [-0.3, -0.25) is 0 Å². The zero-order valence-corrected chi connectivity index (χ0v) is 10.8. The van der Waals surface area contributed by atoms with Crippen LogP contribution in [0.4, 0.5) is 0 Å². The number of carbonyl (C=O) groups is 1. The molecule has 1 heterocycles. The molecule has 3 N–H and O–H groups in total. The maximum Gasteiger partial charge on any atom is 0.337 e. The number of H-pyrrole nitrogens is 1. The van der Waals surface area contributed by atoms with Gasteiger partial charge in [0, 0.05) is 17.9 Å². The van der Waals surface area contributed by atoms with E-state index in [9.17, 15) is 4.79 Å². The average molecular weight is 238 g/mol. The number of aromatic nitrogens is 1. The summed E-state index contributed by atoms with van der Waals surface area (Å²) in [4.78, 5) is 14.0. The molecule has 0 aliphatic heterocycles. The topological polar surface area (TPSA) is 65.1 Å². The molecule has 0 bridgehead atoms. The number of nitrogens with one attached hydrogen (secondary N) is 2. The van der Waals surface area contributed by atoms with Crippen LogP contribution in [0.3, 0.4) is 0 Å². The summed E-state index contributed by atoms with van der Waals surface area (Å²) in [6.45, 7) is 7.85. The molecule has 1 rings (SSSR count). The SMILES string of the molecule is CCC(CC)CNCc1cc(C(=O)O)c(C)[nH]1. The number of carboxylic acid groups (broad SMARTS) is 1. The molecule has 0 spiro atoms. The lowest BCUT2D eigenvalue weighted by atomic mass is 10.0. The Kier molecular flexibility index (Phi) is 5.22. The van der Waals surface area contributed by atoms with Crippen molar-refractivity contribution in [1.82, 2.24) is 10.3 Å². The lowest BCUT2D eigenvalue weighted by Crippen LogP contribution is -2.21. The highest BCUT2D eigenvalue weighted by Gasteiger charge is 2.11. The number of aryl methyl sites for hydroxylation is 1. The van der Waals surface area contributed by atoms with Crippen molar-refractivity contribution in [2.75, 3.05) is 6.54 Å². The van der Waals surface area contributed by atoms with Crippen molar-refractivity contribution in [2.45, 2.75) is 40.2 Å². The molecule has 0 atom stereocenters. The molecule has 0 aliphatic rings. The Morgan fingerprint density at radius 2 is 2.12 bits per heavy atom. The summed E-state index contributed by atoms with van der Waals surface area (Å²) in [5.41, 5.74) is 2.02. The third-order valence-corrected chi connectivity index (χ3v) is 3.20. The quantitative estimate of drug-likeness (QED) is 0.684. The van der Waals surface area contributed by atoms with E-state index in [2.05, 4.69) is 24.1 Å². The van der Waals surface area contributed by atoms with Crippen molar-refractivity contribution in [1.29, 1.82) is 0 Å². The molecule has 0 radical (unpaired) electrons. The zero-order chi connectivity index (χ0) is 12.8. The molecule has 0 saturated carbocycles. The Labute approximate surface area is 102 Å². The first-order valence-corrected chi connectivity index (χ1v) is 6.20. The minimum absolute atomic E-state index is 0.365. The van der Waals surface area contributed by atoms with Gasteiger partial charge in [0.1, 0.15) is 0 Å². The van der Waals surface area contributed by atoms with Crippen molar-refractivity contribution in [3.8, 4) is 0 Å². The number of hydrogen-bond acceptors (Lipinski definition) is 2. The molecular weight excluding hydrogens is 216 g/mol. The van der Waals surface area contributed by atoms with E-state index in [1.807, 2.05) is 0 Å². The molecule has 96 valence electrons. The largest absolute Gasteiger partial charge is 0.478 e. The van der Waals surface area contributed by atoms with E-state index < -0.39 is 5.97 Å². The van der Waals surface area contributed by atoms with E-state index in [1.165, 1.54) is 12.8 Å². The van der Waals surface area contributed by atoms with Gasteiger partial charge in [0.25, 0.3) is 0 Å². The summed E-state index contributed by atoms with van der Waals surface area (Å²) in [7, 11) is 0. The fourth-order valence-corrected chi connectivity index (χ4v) is 1.93. The van der Waals surface area contributed by atoms with Crippen LogP contribution in [0.5, 0.6) is 0 Å². The monoisotopic (exact) mass is 238 g/mol. The second-order valence-electron chi connectivity index (χ2n) is 4.45. The van der Waals surface area contributed by atoms with E-state index in [4.69, 9.17) is 5.11 Å². The van der Waals surface area contributed by atoms with Crippen molar-refractivity contribution in [3.05, 3.63) is 23.0 Å². The van der Waals surface area contributed by atoms with Gasteiger partial charge in [-0.15, -0.1) is 0 Å². The number of carboxylic acids is 1. The highest BCUT2D eigenvalue weighted by atomic mass is 16.4. The number of hydrogen-bond donors (Lipinski definition) is 3. The molecule has 4 nitrogen and oxygen atoms in total. The Hall–Kier alpha value is -1.29. The van der Waals surface area contributed by atoms with Crippen LogP contribution < -0.4 is 5.32 Å². The third-order valence-electron chi connectivity index (χ3n) is 3.20. The van der Waals surface area contributed by atoms with E-state index in [0.29, 0.717) is 18.0 Å². The normalized spacial score (nSPS) is 11.1. The first-order valence-electron chi connectivity index (χ1n) is 6.20. The summed E-state index contributed by atoms with van der Waals surface area (Å²) in [6, 6.07) is 1.71. The Bertz CT molecular complexity index is 367. The predicted octanol–water partition coefficient (Wildman–Crippen LogP) is 2.55. The zero-order valence-electron chi connectivity index (χ0n) is 10.8. The molecular formula is C13H22N2O2. The maximum atomic E-state index is 10.9. The van der Waals surface area contributed by atoms with Crippen LogP contribution in [-0.2, 0) is 6.54 Å². The van der Waals surface area contributed by atoms with Crippen LogP contribution in [0.1, 0.15) is 48.4 Å². The summed E-state index contributed by atoms with van der Waals surface area (Å²) in [6.07, 6.45) is 2.35. The summed E-state index contributed by atoms with van der Waals surface area (Å²) >= 11 is 0. The summed E-state index contributed by atoms with van der Waals surface area (Å²) < 4.78 is 0. The Morgan fingerprint density at radius 1 is 1.47 bits per heavy atom. The molecule has 0 amide bonds. The number of aromatic amines is 1. The summed E-state index contributed by atoms with van der Waals surface area (Å²) in [5.74, 6) is -0.171. The van der Waals surface area contributed by atoms with Crippen molar-refractivity contribution >= 4 is 5.97 Å². The fraction of sp³-hybridized carbons (Fsp3) is 0.615. The predicted molar refractivity (Wildman–Crippen MR) is 68.3 cm³/mol. The van der Waals surface area contributed by atoms with Crippen molar-refractivity contribution in [2.24, 2.45) is 5.92 Å². The highest BCUT2D eigenvalue weighted by Crippen LogP contribution is 2.10. The number of aromatic carboxylic acids is 1. The van der Waals surface area contributed by atoms with Gasteiger partial charge in [-0.25, -0.2) is 4.79 Å². The Balaban J connectivity index is 2.47. The Morgan fingerprint density at radius 3 is 2.59 bits per heavy atom. The molecule has 1 aromatic rings. The van der Waals surface area contributed by atoms with Gasteiger partial charge in [-0.2, -0.15) is 0 Å². The van der Waals surface area contributed by atoms with E-state index in [1.54, 1.807) is 13.0 Å². The molecule has 17 heavy (non-hydrogen) atoms. The van der Waals surface area contributed by atoms with Crippen LogP contribution in [0.2, 0.25) is 0 Å². The van der Waals surface area contributed by atoms with Crippen LogP contribution in [0, 0.1) is 12.8 Å².